The first-order valence-electron chi connectivity index (χ1n) is 10.7. The molecule has 1 saturated heterocycles. The summed E-state index contributed by atoms with van der Waals surface area (Å²) in [5, 5.41) is 3.79. The topological polar surface area (TPSA) is 40.0 Å². The number of rotatable bonds is 6. The second-order valence-electron chi connectivity index (χ2n) is 8.13. The summed E-state index contributed by atoms with van der Waals surface area (Å²) in [4.78, 5) is 18.1. The number of anilines is 1. The van der Waals surface area contributed by atoms with Crippen molar-refractivity contribution in [1.82, 2.24) is 9.80 Å². The summed E-state index contributed by atoms with van der Waals surface area (Å²) in [6, 6.07) is 16.9. The van der Waals surface area contributed by atoms with Gasteiger partial charge in [-0.15, -0.1) is 0 Å². The number of aryl methyl sites for hydroxylation is 2. The van der Waals surface area contributed by atoms with Gasteiger partial charge in [0.15, 0.2) is 5.11 Å². The van der Waals surface area contributed by atoms with Crippen molar-refractivity contribution >= 4 is 28.9 Å². The SMILES string of the molecule is CCc1ccc(NC(=S)N(C)CC(=O)N2CC[NH+](Cc3cccc(C)c3)CC2)cc1. The predicted octanol–water partition coefficient (Wildman–Crippen LogP) is 2.11. The van der Waals surface area contributed by atoms with Crippen LogP contribution in [0.5, 0.6) is 0 Å². The minimum Gasteiger partial charge on any atom is -0.343 e. The Balaban J connectivity index is 1.43. The summed E-state index contributed by atoms with van der Waals surface area (Å²) in [7, 11) is 1.87. The van der Waals surface area contributed by atoms with Gasteiger partial charge < -0.3 is 20.0 Å². The zero-order chi connectivity index (χ0) is 21.5. The minimum atomic E-state index is 0.137. The number of nitrogens with one attached hydrogen (secondary N) is 2. The molecule has 1 heterocycles. The van der Waals surface area contributed by atoms with E-state index in [1.807, 2.05) is 29.0 Å². The molecule has 1 aliphatic heterocycles. The number of carbonyl (C=O) groups is 1. The van der Waals surface area contributed by atoms with Crippen LogP contribution in [0.15, 0.2) is 48.5 Å². The monoisotopic (exact) mass is 425 g/mol. The van der Waals surface area contributed by atoms with Gasteiger partial charge in [0.1, 0.15) is 6.54 Å². The maximum Gasteiger partial charge on any atom is 0.242 e. The van der Waals surface area contributed by atoms with E-state index in [0.717, 1.165) is 44.8 Å². The molecule has 0 spiro atoms. The Hall–Kier alpha value is -2.44. The molecule has 160 valence electrons. The summed E-state index contributed by atoms with van der Waals surface area (Å²) in [5.74, 6) is 0.137. The molecule has 1 fully saturated rings. The summed E-state index contributed by atoms with van der Waals surface area (Å²) in [5.41, 5.74) is 4.91. The van der Waals surface area contributed by atoms with E-state index < -0.39 is 0 Å². The van der Waals surface area contributed by atoms with E-state index in [9.17, 15) is 4.79 Å². The third-order valence-corrected chi connectivity index (χ3v) is 6.11. The Morgan fingerprint density at radius 2 is 1.83 bits per heavy atom. The number of nitrogens with zero attached hydrogens (tertiary/aromatic N) is 2. The summed E-state index contributed by atoms with van der Waals surface area (Å²) in [6.07, 6.45) is 1.01. The van der Waals surface area contributed by atoms with Gasteiger partial charge in [-0.1, -0.05) is 48.9 Å². The standard InChI is InChI=1S/C24H32N4OS/c1-4-20-8-10-22(11-9-20)25-24(30)26(3)18-23(29)28-14-12-27(13-15-28)17-21-7-5-6-19(2)16-21/h5-11,16H,4,12-15,17-18H2,1-3H3,(H,25,30)/p+1. The Bertz CT molecular complexity index is 860. The molecule has 6 heteroatoms. The summed E-state index contributed by atoms with van der Waals surface area (Å²) in [6.45, 7) is 9.15. The van der Waals surface area contributed by atoms with Crippen LogP contribution >= 0.6 is 12.2 Å². The molecule has 30 heavy (non-hydrogen) atoms. The van der Waals surface area contributed by atoms with E-state index in [-0.39, 0.29) is 5.91 Å². The molecule has 0 unspecified atom stereocenters. The van der Waals surface area contributed by atoms with E-state index in [2.05, 4.69) is 55.6 Å². The van der Waals surface area contributed by atoms with E-state index >= 15 is 0 Å². The molecular formula is C24H33N4OS+. The van der Waals surface area contributed by atoms with Gasteiger partial charge in [-0.2, -0.15) is 0 Å². The van der Waals surface area contributed by atoms with Crippen LogP contribution in [0.1, 0.15) is 23.6 Å². The van der Waals surface area contributed by atoms with Gasteiger partial charge in [-0.25, -0.2) is 0 Å². The highest BCUT2D eigenvalue weighted by molar-refractivity contribution is 7.80. The molecular weight excluding hydrogens is 392 g/mol. The van der Waals surface area contributed by atoms with Gasteiger partial charge in [0.25, 0.3) is 0 Å². The number of quaternary nitrogens is 1. The van der Waals surface area contributed by atoms with Crippen molar-refractivity contribution in [3.05, 3.63) is 65.2 Å². The number of hydrogen-bond donors (Lipinski definition) is 2. The summed E-state index contributed by atoms with van der Waals surface area (Å²) >= 11 is 5.48. The van der Waals surface area contributed by atoms with E-state index in [1.165, 1.54) is 21.6 Å². The van der Waals surface area contributed by atoms with Crippen molar-refractivity contribution in [2.75, 3.05) is 45.1 Å². The minimum absolute atomic E-state index is 0.137. The third kappa shape index (κ3) is 6.28. The molecule has 0 radical (unpaired) electrons. The number of carbonyl (C=O) groups excluding carboxylic acids is 1. The number of thiocarbonyl (C=S) groups is 1. The quantitative estimate of drug-likeness (QED) is 0.696. The number of likely N-dealkylation sites (N-methyl/N-ethyl adjacent to an activating group) is 1. The van der Waals surface area contributed by atoms with Crippen molar-refractivity contribution in [2.45, 2.75) is 26.8 Å². The van der Waals surface area contributed by atoms with Crippen LogP contribution in [0, 0.1) is 6.92 Å². The van der Waals surface area contributed by atoms with Crippen molar-refractivity contribution in [2.24, 2.45) is 0 Å². The average molecular weight is 426 g/mol. The maximum atomic E-state index is 12.7. The third-order valence-electron chi connectivity index (χ3n) is 5.69. The molecule has 0 aromatic heterocycles. The highest BCUT2D eigenvalue weighted by Gasteiger charge is 2.24. The van der Waals surface area contributed by atoms with E-state index in [1.54, 1.807) is 0 Å². The molecule has 2 aromatic rings. The molecule has 0 bridgehead atoms. The maximum absolute atomic E-state index is 12.7. The van der Waals surface area contributed by atoms with Gasteiger partial charge in [0.2, 0.25) is 5.91 Å². The van der Waals surface area contributed by atoms with Crippen LogP contribution in [0.25, 0.3) is 0 Å². The molecule has 2 aromatic carbocycles. The Morgan fingerprint density at radius 3 is 2.47 bits per heavy atom. The molecule has 3 rings (SSSR count). The van der Waals surface area contributed by atoms with Crippen LogP contribution in [-0.2, 0) is 17.8 Å². The highest BCUT2D eigenvalue weighted by atomic mass is 32.1. The van der Waals surface area contributed by atoms with Gasteiger partial charge in [-0.3, -0.25) is 4.79 Å². The smallest absolute Gasteiger partial charge is 0.242 e. The fourth-order valence-electron chi connectivity index (χ4n) is 3.78. The lowest BCUT2D eigenvalue weighted by Gasteiger charge is -2.33. The molecule has 2 N–H and O–H groups in total. The normalized spacial score (nSPS) is 14.4. The molecule has 1 aliphatic rings. The first-order chi connectivity index (χ1) is 14.4. The van der Waals surface area contributed by atoms with Crippen molar-refractivity contribution in [3.8, 4) is 0 Å². The second kappa shape index (κ2) is 10.5. The van der Waals surface area contributed by atoms with Gasteiger partial charge in [0, 0.05) is 18.3 Å². The Kier molecular flexibility index (Phi) is 7.82. The van der Waals surface area contributed by atoms with E-state index in [4.69, 9.17) is 12.2 Å². The van der Waals surface area contributed by atoms with Gasteiger partial charge in [0.05, 0.1) is 32.7 Å². The number of benzene rings is 2. The number of amides is 1. The average Bonchev–Trinajstić information content (AvgIpc) is 2.74. The molecule has 0 saturated carbocycles. The van der Waals surface area contributed by atoms with Crippen LogP contribution in [0.2, 0.25) is 0 Å². The lowest BCUT2D eigenvalue weighted by Crippen LogP contribution is -3.13. The van der Waals surface area contributed by atoms with Crippen LogP contribution in [0.3, 0.4) is 0 Å². The lowest BCUT2D eigenvalue weighted by molar-refractivity contribution is -0.917. The summed E-state index contributed by atoms with van der Waals surface area (Å²) < 4.78 is 0. The van der Waals surface area contributed by atoms with E-state index in [0.29, 0.717) is 11.7 Å². The predicted molar refractivity (Wildman–Crippen MR) is 127 cm³/mol. The lowest BCUT2D eigenvalue weighted by atomic mass is 10.1. The van der Waals surface area contributed by atoms with Crippen LogP contribution in [-0.4, -0.2) is 60.6 Å². The molecule has 0 aliphatic carbocycles. The van der Waals surface area contributed by atoms with Gasteiger partial charge in [-0.05, 0) is 43.3 Å². The highest BCUT2D eigenvalue weighted by Crippen LogP contribution is 2.11. The number of piperazine rings is 1. The number of hydrogen-bond acceptors (Lipinski definition) is 2. The van der Waals surface area contributed by atoms with Crippen molar-refractivity contribution < 1.29 is 9.69 Å². The Morgan fingerprint density at radius 1 is 1.13 bits per heavy atom. The fraction of sp³-hybridized carbons (Fsp3) is 0.417. The largest absolute Gasteiger partial charge is 0.343 e. The van der Waals surface area contributed by atoms with Crippen LogP contribution in [0.4, 0.5) is 5.69 Å². The van der Waals surface area contributed by atoms with Crippen molar-refractivity contribution in [1.29, 1.82) is 0 Å². The first-order valence-corrected chi connectivity index (χ1v) is 11.1. The van der Waals surface area contributed by atoms with Crippen molar-refractivity contribution in [3.63, 3.8) is 0 Å². The zero-order valence-electron chi connectivity index (χ0n) is 18.3. The fourth-order valence-corrected chi connectivity index (χ4v) is 3.96. The van der Waals surface area contributed by atoms with Crippen LogP contribution < -0.4 is 10.2 Å². The second-order valence-corrected chi connectivity index (χ2v) is 8.52. The van der Waals surface area contributed by atoms with Gasteiger partial charge >= 0.3 is 0 Å². The molecule has 5 nitrogen and oxygen atoms in total. The Labute approximate surface area is 185 Å². The first kappa shape index (κ1) is 22.2. The molecule has 1 amide bonds. The molecule has 0 atom stereocenters. The zero-order valence-corrected chi connectivity index (χ0v) is 19.1.